The number of nitrogens with zero attached hydrogens (tertiary/aromatic N) is 3. The van der Waals surface area contributed by atoms with E-state index in [1.807, 2.05) is 12.1 Å². The molecule has 5 nitrogen and oxygen atoms in total. The molecule has 0 fully saturated rings. The van der Waals surface area contributed by atoms with Crippen LogP contribution in [0.4, 0.5) is 17.1 Å². The molecule has 3 N–H and O–H groups in total. The summed E-state index contributed by atoms with van der Waals surface area (Å²) in [6.07, 6.45) is 8.96. The molecule has 4 aromatic rings. The van der Waals surface area contributed by atoms with Gasteiger partial charge in [-0.1, -0.05) is 31.7 Å². The summed E-state index contributed by atoms with van der Waals surface area (Å²) in [4.78, 5) is 4.33. The lowest BCUT2D eigenvalue weighted by Gasteiger charge is -2.28. The number of anilines is 3. The zero-order valence-electron chi connectivity index (χ0n) is 22.6. The standard InChI is InChI=1S/C17H21N3.C15H14N2.CH4/c1-19(2)14-7-5-12-9-13-6-8-15(20(3)4)11-17(13)18-16(12)10-14;1-10-3-4-11-8-12-5-6-13(16)9-15(12)17(2)14(11)7-10;/h5-11,14,18H,1-4H3;3-9,16H,1-2H3;1H4/p+1. The fourth-order valence-corrected chi connectivity index (χ4v) is 4.88. The summed E-state index contributed by atoms with van der Waals surface area (Å²) in [5, 5.41) is 6.05. The van der Waals surface area contributed by atoms with Gasteiger partial charge in [-0.2, -0.15) is 4.57 Å². The molecule has 1 unspecified atom stereocenters. The zero-order chi connectivity index (χ0) is 26.3. The number of aryl methyl sites for hydroxylation is 2. The van der Waals surface area contributed by atoms with Crippen LogP contribution in [0.25, 0.3) is 27.9 Å². The van der Waals surface area contributed by atoms with E-state index in [-0.39, 0.29) is 7.43 Å². The van der Waals surface area contributed by atoms with Crippen LogP contribution in [0.3, 0.4) is 0 Å². The average Bonchev–Trinajstić information content (AvgIpc) is 2.88. The molecule has 0 bridgehead atoms. The first kappa shape index (κ1) is 27.0. The second kappa shape index (κ2) is 10.7. The monoisotopic (exact) mass is 506 g/mol. The van der Waals surface area contributed by atoms with Gasteiger partial charge in [-0.05, 0) is 86.3 Å². The molecule has 0 saturated carbocycles. The number of nitrogen functional groups attached to an aromatic ring is 1. The summed E-state index contributed by atoms with van der Waals surface area (Å²) in [5.74, 6) is 0. The molecule has 196 valence electrons. The summed E-state index contributed by atoms with van der Waals surface area (Å²) in [6.45, 7) is 2.11. The van der Waals surface area contributed by atoms with Gasteiger partial charge in [-0.15, -0.1) is 0 Å². The Bertz CT molecular complexity index is 1530. The van der Waals surface area contributed by atoms with Gasteiger partial charge in [0.15, 0.2) is 0 Å². The predicted octanol–water partition coefficient (Wildman–Crippen LogP) is 6.29. The van der Waals surface area contributed by atoms with Gasteiger partial charge in [-0.25, -0.2) is 0 Å². The molecule has 1 aliphatic carbocycles. The van der Waals surface area contributed by atoms with Gasteiger partial charge in [-0.3, -0.25) is 4.90 Å². The number of likely N-dealkylation sites (N-methyl/N-ethyl adjacent to an activating group) is 1. The molecule has 6 rings (SSSR count). The topological polar surface area (TPSA) is 48.4 Å². The maximum Gasteiger partial charge on any atom is 0.214 e. The lowest BCUT2D eigenvalue weighted by atomic mass is 9.95. The molecule has 0 amide bonds. The third-order valence-electron chi connectivity index (χ3n) is 7.13. The van der Waals surface area contributed by atoms with Crippen molar-refractivity contribution in [1.82, 2.24) is 4.90 Å². The maximum atomic E-state index is 5.85. The van der Waals surface area contributed by atoms with Crippen LogP contribution < -0.4 is 20.5 Å². The fraction of sp³-hybridized carbons (Fsp3) is 0.242. The Hall–Kier alpha value is -4.09. The van der Waals surface area contributed by atoms with Gasteiger partial charge in [0.05, 0.1) is 0 Å². The molecular weight excluding hydrogens is 466 g/mol. The van der Waals surface area contributed by atoms with Crippen molar-refractivity contribution >= 4 is 44.9 Å². The van der Waals surface area contributed by atoms with Crippen molar-refractivity contribution in [2.45, 2.75) is 20.4 Å². The molecule has 0 radical (unpaired) electrons. The minimum atomic E-state index is 0. The van der Waals surface area contributed by atoms with Crippen LogP contribution in [-0.4, -0.2) is 39.1 Å². The number of hydrogen-bond donors (Lipinski definition) is 2. The number of hydrogen-bond acceptors (Lipinski definition) is 4. The first-order valence-corrected chi connectivity index (χ1v) is 12.6. The fourth-order valence-electron chi connectivity index (χ4n) is 4.88. The van der Waals surface area contributed by atoms with E-state index in [2.05, 4.69) is 135 Å². The van der Waals surface area contributed by atoms with Crippen molar-refractivity contribution in [3.63, 3.8) is 0 Å². The number of fused-ring (bicyclic) bond motifs is 4. The van der Waals surface area contributed by atoms with Crippen LogP contribution in [0.2, 0.25) is 0 Å². The first-order valence-electron chi connectivity index (χ1n) is 12.6. The van der Waals surface area contributed by atoms with Gasteiger partial charge in [0, 0.05) is 65.8 Å². The number of pyridine rings is 1. The van der Waals surface area contributed by atoms with E-state index < -0.39 is 0 Å². The summed E-state index contributed by atoms with van der Waals surface area (Å²) < 4.78 is 2.20. The Kier molecular flexibility index (Phi) is 7.61. The smallest absolute Gasteiger partial charge is 0.214 e. The largest absolute Gasteiger partial charge is 0.399 e. The highest BCUT2D eigenvalue weighted by atomic mass is 15.1. The second-order valence-corrected chi connectivity index (χ2v) is 10.4. The lowest BCUT2D eigenvalue weighted by molar-refractivity contribution is -0.617. The van der Waals surface area contributed by atoms with Gasteiger partial charge in [0.1, 0.15) is 7.05 Å². The Morgan fingerprint density at radius 3 is 2.29 bits per heavy atom. The van der Waals surface area contributed by atoms with Crippen molar-refractivity contribution in [1.29, 1.82) is 0 Å². The predicted molar refractivity (Wildman–Crippen MR) is 166 cm³/mol. The second-order valence-electron chi connectivity index (χ2n) is 10.4. The third-order valence-corrected chi connectivity index (χ3v) is 7.13. The van der Waals surface area contributed by atoms with Gasteiger partial charge >= 0.3 is 0 Å². The van der Waals surface area contributed by atoms with Crippen molar-refractivity contribution in [3.05, 3.63) is 101 Å². The van der Waals surface area contributed by atoms with E-state index in [9.17, 15) is 0 Å². The highest BCUT2D eigenvalue weighted by Gasteiger charge is 2.19. The summed E-state index contributed by atoms with van der Waals surface area (Å²) in [5.41, 5.74) is 16.4. The summed E-state index contributed by atoms with van der Waals surface area (Å²) in [6, 6.07) is 21.7. The number of nitrogens with one attached hydrogen (secondary N) is 1. The van der Waals surface area contributed by atoms with E-state index in [0.29, 0.717) is 6.04 Å². The molecule has 38 heavy (non-hydrogen) atoms. The number of nitrogens with two attached hydrogens (primary N) is 1. The number of allylic oxidation sites excluding steroid dienone is 1. The molecular formula is C33H40N5+. The van der Waals surface area contributed by atoms with Gasteiger partial charge < -0.3 is 16.0 Å². The van der Waals surface area contributed by atoms with E-state index >= 15 is 0 Å². The highest BCUT2D eigenvalue weighted by molar-refractivity contribution is 5.90. The Balaban J connectivity index is 0.000000174. The molecule has 5 heteroatoms. The zero-order valence-corrected chi connectivity index (χ0v) is 22.6. The number of rotatable bonds is 2. The van der Waals surface area contributed by atoms with Crippen LogP contribution in [-0.2, 0) is 7.05 Å². The van der Waals surface area contributed by atoms with Crippen molar-refractivity contribution < 1.29 is 4.57 Å². The molecule has 2 heterocycles. The highest BCUT2D eigenvalue weighted by Crippen LogP contribution is 2.34. The minimum absolute atomic E-state index is 0. The van der Waals surface area contributed by atoms with Crippen LogP contribution in [0.1, 0.15) is 18.6 Å². The minimum Gasteiger partial charge on any atom is -0.399 e. The van der Waals surface area contributed by atoms with Crippen molar-refractivity contribution in [2.75, 3.05) is 44.1 Å². The summed E-state index contributed by atoms with van der Waals surface area (Å²) >= 11 is 0. The van der Waals surface area contributed by atoms with Crippen LogP contribution in [0, 0.1) is 6.92 Å². The molecule has 0 spiro atoms. The third kappa shape index (κ3) is 5.29. The van der Waals surface area contributed by atoms with Crippen molar-refractivity contribution in [2.24, 2.45) is 7.05 Å². The Labute approximate surface area is 227 Å². The summed E-state index contributed by atoms with van der Waals surface area (Å²) in [7, 11) is 10.4. The van der Waals surface area contributed by atoms with Crippen LogP contribution in [0.5, 0.6) is 0 Å². The van der Waals surface area contributed by atoms with Crippen LogP contribution >= 0.6 is 0 Å². The quantitative estimate of drug-likeness (QED) is 0.191. The molecule has 3 aromatic carbocycles. The van der Waals surface area contributed by atoms with E-state index in [1.54, 1.807) is 0 Å². The normalized spacial score (nSPS) is 15.4. The van der Waals surface area contributed by atoms with Gasteiger partial charge in [0.2, 0.25) is 11.0 Å². The lowest BCUT2D eigenvalue weighted by Crippen LogP contribution is -2.30. The molecule has 2 aliphatic rings. The average molecular weight is 507 g/mol. The molecule has 1 aliphatic heterocycles. The molecule has 1 atom stereocenters. The van der Waals surface area contributed by atoms with E-state index in [1.165, 1.54) is 55.6 Å². The van der Waals surface area contributed by atoms with Crippen molar-refractivity contribution in [3.8, 4) is 0 Å². The molecule has 0 saturated heterocycles. The number of benzene rings is 3. The van der Waals surface area contributed by atoms with Crippen LogP contribution in [0.15, 0.2) is 90.2 Å². The number of aromatic nitrogens is 1. The SMILES string of the molecule is C.CN(C)c1ccc2c(c1)NC1=CC(N(C)C)C=CC1=C2.Cc1ccc2cc3ccc(N)cc3[n+](C)c2c1. The first-order chi connectivity index (χ1) is 17.7. The Morgan fingerprint density at radius 1 is 0.868 bits per heavy atom. The van der Waals surface area contributed by atoms with E-state index in [0.717, 1.165) is 5.69 Å². The maximum absolute atomic E-state index is 5.85. The van der Waals surface area contributed by atoms with E-state index in [4.69, 9.17) is 5.73 Å². The molecule has 1 aromatic heterocycles. The van der Waals surface area contributed by atoms with Gasteiger partial charge in [0.25, 0.3) is 0 Å². The Morgan fingerprint density at radius 2 is 1.58 bits per heavy atom.